The predicted octanol–water partition coefficient (Wildman–Crippen LogP) is 3.06. The molecule has 2 rings (SSSR count). The number of hydrazone groups is 1. The van der Waals surface area contributed by atoms with Crippen molar-refractivity contribution in [1.29, 1.82) is 0 Å². The van der Waals surface area contributed by atoms with Crippen LogP contribution in [0.25, 0.3) is 0 Å². The largest absolute Gasteiger partial charge is 0.376 e. The van der Waals surface area contributed by atoms with E-state index in [0.29, 0.717) is 15.7 Å². The number of halogens is 2. The number of benzene rings is 2. The Morgan fingerprint density at radius 2 is 2.00 bits per heavy atom. The van der Waals surface area contributed by atoms with E-state index in [4.69, 9.17) is 0 Å². The second-order valence-corrected chi connectivity index (χ2v) is 5.47. The van der Waals surface area contributed by atoms with Gasteiger partial charge >= 0.3 is 0 Å². The summed E-state index contributed by atoms with van der Waals surface area (Å²) in [6.07, 6.45) is 1.36. The van der Waals surface area contributed by atoms with Gasteiger partial charge in [-0.3, -0.25) is 14.9 Å². The molecule has 0 fully saturated rings. The summed E-state index contributed by atoms with van der Waals surface area (Å²) in [7, 11) is 0. The van der Waals surface area contributed by atoms with Crippen LogP contribution in [0.2, 0.25) is 0 Å². The monoisotopic (exact) mass is 394 g/mol. The number of amides is 1. The number of anilines is 1. The zero-order valence-electron chi connectivity index (χ0n) is 12.2. The van der Waals surface area contributed by atoms with Crippen molar-refractivity contribution in [3.05, 3.63) is 68.4 Å². The fourth-order valence-electron chi connectivity index (χ4n) is 1.70. The highest BCUT2D eigenvalue weighted by Crippen LogP contribution is 2.21. The maximum Gasteiger partial charge on any atom is 0.270 e. The zero-order chi connectivity index (χ0) is 17.5. The summed E-state index contributed by atoms with van der Waals surface area (Å²) >= 11 is 3.20. The molecule has 1 amide bonds. The predicted molar refractivity (Wildman–Crippen MR) is 91.4 cm³/mol. The minimum atomic E-state index is -0.505. The number of hydrogen-bond acceptors (Lipinski definition) is 5. The number of nitro benzene ring substituents is 1. The Bertz CT molecular complexity index is 781. The molecular formula is C15H12BrFN4O3. The van der Waals surface area contributed by atoms with Gasteiger partial charge in [0.15, 0.2) is 0 Å². The van der Waals surface area contributed by atoms with E-state index in [-0.39, 0.29) is 18.0 Å². The minimum Gasteiger partial charge on any atom is -0.376 e. The number of carbonyl (C=O) groups excluding carboxylic acids is 1. The second-order valence-electron chi connectivity index (χ2n) is 4.62. The van der Waals surface area contributed by atoms with E-state index < -0.39 is 10.8 Å². The molecular weight excluding hydrogens is 383 g/mol. The molecule has 0 bridgehead atoms. The van der Waals surface area contributed by atoms with Crippen LogP contribution in [-0.4, -0.2) is 23.6 Å². The van der Waals surface area contributed by atoms with Crippen molar-refractivity contribution < 1.29 is 14.1 Å². The van der Waals surface area contributed by atoms with Crippen molar-refractivity contribution in [1.82, 2.24) is 5.43 Å². The molecule has 24 heavy (non-hydrogen) atoms. The number of rotatable bonds is 6. The molecule has 0 unspecified atom stereocenters. The van der Waals surface area contributed by atoms with Crippen LogP contribution in [0, 0.1) is 15.9 Å². The van der Waals surface area contributed by atoms with Crippen LogP contribution in [0.1, 0.15) is 5.56 Å². The number of nitrogens with one attached hydrogen (secondary N) is 2. The Hall–Kier alpha value is -2.81. The van der Waals surface area contributed by atoms with Crippen molar-refractivity contribution >= 4 is 39.4 Å². The maximum absolute atomic E-state index is 12.7. The molecule has 0 heterocycles. The van der Waals surface area contributed by atoms with E-state index in [1.165, 1.54) is 48.7 Å². The van der Waals surface area contributed by atoms with Gasteiger partial charge in [0.1, 0.15) is 5.82 Å². The van der Waals surface area contributed by atoms with Crippen LogP contribution in [0.4, 0.5) is 15.8 Å². The Labute approximate surface area is 144 Å². The molecule has 0 aliphatic carbocycles. The van der Waals surface area contributed by atoms with Gasteiger partial charge in [0.05, 0.1) is 17.7 Å². The van der Waals surface area contributed by atoms with Gasteiger partial charge in [-0.25, -0.2) is 9.82 Å². The smallest absolute Gasteiger partial charge is 0.270 e. The van der Waals surface area contributed by atoms with Crippen LogP contribution in [0.3, 0.4) is 0 Å². The van der Waals surface area contributed by atoms with E-state index >= 15 is 0 Å². The quantitative estimate of drug-likeness (QED) is 0.446. The summed E-state index contributed by atoms with van der Waals surface area (Å²) in [5.41, 5.74) is 3.45. The highest BCUT2D eigenvalue weighted by atomic mass is 79.9. The Morgan fingerprint density at radius 1 is 1.29 bits per heavy atom. The molecule has 2 aromatic carbocycles. The first-order valence-corrected chi connectivity index (χ1v) is 7.50. The SMILES string of the molecule is O=C(CNc1ccc(F)cc1)N/N=C\c1ccc([N+](=O)[O-])cc1Br. The van der Waals surface area contributed by atoms with Crippen LogP contribution in [0.15, 0.2) is 52.0 Å². The lowest BCUT2D eigenvalue weighted by molar-refractivity contribution is -0.384. The first kappa shape index (κ1) is 17.5. The molecule has 0 atom stereocenters. The summed E-state index contributed by atoms with van der Waals surface area (Å²) in [5.74, 6) is -0.753. The average Bonchev–Trinajstić information content (AvgIpc) is 2.55. The highest BCUT2D eigenvalue weighted by Gasteiger charge is 2.07. The molecule has 0 spiro atoms. The fraction of sp³-hybridized carbons (Fsp3) is 0.0667. The number of nitro groups is 1. The Balaban J connectivity index is 1.86. The third-order valence-electron chi connectivity index (χ3n) is 2.89. The van der Waals surface area contributed by atoms with Crippen molar-refractivity contribution in [2.45, 2.75) is 0 Å². The van der Waals surface area contributed by atoms with E-state index in [2.05, 4.69) is 31.8 Å². The molecule has 9 heteroatoms. The van der Waals surface area contributed by atoms with Crippen molar-refractivity contribution in [3.8, 4) is 0 Å². The minimum absolute atomic E-state index is 0.0373. The normalized spacial score (nSPS) is 10.6. The number of non-ortho nitro benzene ring substituents is 1. The Morgan fingerprint density at radius 3 is 2.62 bits per heavy atom. The molecule has 0 aromatic heterocycles. The lowest BCUT2D eigenvalue weighted by atomic mass is 10.2. The molecule has 124 valence electrons. The topological polar surface area (TPSA) is 96.6 Å². The van der Waals surface area contributed by atoms with Gasteiger partial charge in [-0.05, 0) is 46.3 Å². The molecule has 0 saturated carbocycles. The van der Waals surface area contributed by atoms with Gasteiger partial charge in [-0.15, -0.1) is 0 Å². The van der Waals surface area contributed by atoms with E-state index in [9.17, 15) is 19.3 Å². The maximum atomic E-state index is 12.7. The van der Waals surface area contributed by atoms with Gasteiger partial charge in [-0.2, -0.15) is 5.10 Å². The molecule has 2 aromatic rings. The van der Waals surface area contributed by atoms with Gasteiger partial charge in [-0.1, -0.05) is 0 Å². The third kappa shape index (κ3) is 5.13. The van der Waals surface area contributed by atoms with Gasteiger partial charge in [0.2, 0.25) is 0 Å². The summed E-state index contributed by atoms with van der Waals surface area (Å²) < 4.78 is 13.2. The van der Waals surface area contributed by atoms with Crippen molar-refractivity contribution in [3.63, 3.8) is 0 Å². The first-order valence-electron chi connectivity index (χ1n) is 6.71. The highest BCUT2D eigenvalue weighted by molar-refractivity contribution is 9.10. The van der Waals surface area contributed by atoms with Crippen LogP contribution >= 0.6 is 15.9 Å². The average molecular weight is 395 g/mol. The summed E-state index contributed by atoms with van der Waals surface area (Å²) in [4.78, 5) is 21.8. The Kier molecular flexibility index (Phi) is 5.96. The van der Waals surface area contributed by atoms with Crippen molar-refractivity contribution in [2.24, 2.45) is 5.10 Å². The zero-order valence-corrected chi connectivity index (χ0v) is 13.8. The molecule has 0 aliphatic heterocycles. The van der Waals surface area contributed by atoms with E-state index in [0.717, 1.165) is 0 Å². The third-order valence-corrected chi connectivity index (χ3v) is 3.57. The molecule has 0 aliphatic rings. The van der Waals surface area contributed by atoms with Crippen LogP contribution < -0.4 is 10.7 Å². The number of nitrogens with zero attached hydrogens (tertiary/aromatic N) is 2. The lowest BCUT2D eigenvalue weighted by Gasteiger charge is -2.05. The molecule has 7 nitrogen and oxygen atoms in total. The second kappa shape index (κ2) is 8.16. The van der Waals surface area contributed by atoms with Gasteiger partial charge in [0.25, 0.3) is 11.6 Å². The lowest BCUT2D eigenvalue weighted by Crippen LogP contribution is -2.25. The van der Waals surface area contributed by atoms with E-state index in [1.807, 2.05) is 0 Å². The number of hydrogen-bond donors (Lipinski definition) is 2. The molecule has 0 radical (unpaired) electrons. The first-order chi connectivity index (χ1) is 11.5. The fourth-order valence-corrected chi connectivity index (χ4v) is 2.17. The molecule has 0 saturated heterocycles. The van der Waals surface area contributed by atoms with E-state index in [1.54, 1.807) is 0 Å². The van der Waals surface area contributed by atoms with Crippen molar-refractivity contribution in [2.75, 3.05) is 11.9 Å². The molecule has 2 N–H and O–H groups in total. The summed E-state index contributed by atoms with van der Waals surface area (Å²) in [6.45, 7) is -0.0373. The standard InChI is InChI=1S/C15H12BrFN4O3/c16-14-7-13(21(23)24)6-1-10(14)8-19-20-15(22)9-18-12-4-2-11(17)3-5-12/h1-8,18H,9H2,(H,20,22)/b19-8-. The van der Waals surface area contributed by atoms with Gasteiger partial charge in [0, 0.05) is 27.9 Å². The van der Waals surface area contributed by atoms with Crippen LogP contribution in [-0.2, 0) is 4.79 Å². The van der Waals surface area contributed by atoms with Crippen LogP contribution in [0.5, 0.6) is 0 Å². The summed E-state index contributed by atoms with van der Waals surface area (Å²) in [6, 6.07) is 9.78. The van der Waals surface area contributed by atoms with Gasteiger partial charge < -0.3 is 5.32 Å². The number of carbonyl (C=O) groups is 1. The summed E-state index contributed by atoms with van der Waals surface area (Å²) in [5, 5.41) is 17.2.